The Morgan fingerprint density at radius 3 is 2.71 bits per heavy atom. The number of nitrogens with zero attached hydrogens (tertiary/aromatic N) is 3. The standard InChI is InChI=1S/C12H13N5O4/c1-4-5-6(10(19)20)13-11-14-7-8(15-11)16(2)12(21)17(3)9(7)18/h1,6H,5H2,2-3H3,(H,19,20)(H2,13,14,15). The smallest absolute Gasteiger partial charge is 0.332 e. The molecule has 0 spiro atoms. The van der Waals surface area contributed by atoms with Gasteiger partial charge in [0.05, 0.1) is 0 Å². The van der Waals surface area contributed by atoms with Crippen LogP contribution in [-0.4, -0.2) is 36.2 Å². The lowest BCUT2D eigenvalue weighted by Gasteiger charge is -2.09. The van der Waals surface area contributed by atoms with E-state index in [1.807, 2.05) is 0 Å². The van der Waals surface area contributed by atoms with E-state index in [9.17, 15) is 14.4 Å². The molecule has 9 heteroatoms. The van der Waals surface area contributed by atoms with Gasteiger partial charge in [-0.2, -0.15) is 4.98 Å². The zero-order valence-electron chi connectivity index (χ0n) is 11.4. The molecular formula is C12H13N5O4. The van der Waals surface area contributed by atoms with Crippen LogP contribution >= 0.6 is 0 Å². The van der Waals surface area contributed by atoms with E-state index in [1.165, 1.54) is 18.7 Å². The quantitative estimate of drug-likeness (QED) is 0.611. The molecule has 0 radical (unpaired) electrons. The van der Waals surface area contributed by atoms with Crippen LogP contribution in [0.3, 0.4) is 0 Å². The summed E-state index contributed by atoms with van der Waals surface area (Å²) < 4.78 is 2.12. The van der Waals surface area contributed by atoms with Crippen molar-refractivity contribution in [2.45, 2.75) is 12.5 Å². The van der Waals surface area contributed by atoms with Gasteiger partial charge in [0.1, 0.15) is 6.04 Å². The Morgan fingerprint density at radius 2 is 2.14 bits per heavy atom. The predicted molar refractivity (Wildman–Crippen MR) is 75.1 cm³/mol. The van der Waals surface area contributed by atoms with Crippen molar-refractivity contribution in [1.82, 2.24) is 19.1 Å². The molecule has 1 unspecified atom stereocenters. The first-order valence-electron chi connectivity index (χ1n) is 5.95. The van der Waals surface area contributed by atoms with E-state index in [2.05, 4.69) is 21.2 Å². The Kier molecular flexibility index (Phi) is 3.54. The van der Waals surface area contributed by atoms with Crippen molar-refractivity contribution in [3.63, 3.8) is 0 Å². The lowest BCUT2D eigenvalue weighted by atomic mass is 10.2. The summed E-state index contributed by atoms with van der Waals surface area (Å²) in [7, 11) is 2.81. The molecule has 0 aliphatic rings. The van der Waals surface area contributed by atoms with Crippen molar-refractivity contribution in [3.8, 4) is 12.3 Å². The minimum absolute atomic E-state index is 0.0523. The minimum atomic E-state index is -1.14. The number of aromatic nitrogens is 4. The number of imidazole rings is 1. The molecule has 21 heavy (non-hydrogen) atoms. The summed E-state index contributed by atoms with van der Waals surface area (Å²) >= 11 is 0. The fourth-order valence-corrected chi connectivity index (χ4v) is 1.88. The van der Waals surface area contributed by atoms with Crippen molar-refractivity contribution in [2.75, 3.05) is 5.32 Å². The Balaban J connectivity index is 2.54. The van der Waals surface area contributed by atoms with Crippen molar-refractivity contribution in [1.29, 1.82) is 0 Å². The number of aryl methyl sites for hydroxylation is 1. The highest BCUT2D eigenvalue weighted by Crippen LogP contribution is 2.10. The van der Waals surface area contributed by atoms with Gasteiger partial charge in [0, 0.05) is 20.5 Å². The molecule has 3 N–H and O–H groups in total. The molecule has 2 aromatic heterocycles. The molecule has 110 valence electrons. The number of rotatable bonds is 4. The van der Waals surface area contributed by atoms with Gasteiger partial charge in [-0.05, 0) is 0 Å². The summed E-state index contributed by atoms with van der Waals surface area (Å²) in [5, 5.41) is 11.6. The first kappa shape index (κ1) is 14.4. The van der Waals surface area contributed by atoms with E-state index >= 15 is 0 Å². The summed E-state index contributed by atoms with van der Waals surface area (Å²) in [4.78, 5) is 41.5. The third-order valence-electron chi connectivity index (χ3n) is 3.03. The predicted octanol–water partition coefficient (Wildman–Crippen LogP) is -1.15. The maximum Gasteiger partial charge on any atom is 0.332 e. The number of fused-ring (bicyclic) bond motifs is 1. The molecule has 0 aliphatic heterocycles. The highest BCUT2D eigenvalue weighted by atomic mass is 16.4. The number of carboxylic acids is 1. The summed E-state index contributed by atoms with van der Waals surface area (Å²) in [6.45, 7) is 0. The molecule has 0 amide bonds. The normalized spacial score (nSPS) is 12.0. The van der Waals surface area contributed by atoms with Gasteiger partial charge in [-0.15, -0.1) is 12.3 Å². The molecule has 0 fully saturated rings. The molecule has 2 aromatic rings. The average Bonchev–Trinajstić information content (AvgIpc) is 2.86. The minimum Gasteiger partial charge on any atom is -0.480 e. The van der Waals surface area contributed by atoms with Gasteiger partial charge in [-0.1, -0.05) is 0 Å². The fraction of sp³-hybridized carbons (Fsp3) is 0.333. The van der Waals surface area contributed by atoms with E-state index < -0.39 is 23.3 Å². The second-order valence-electron chi connectivity index (χ2n) is 4.43. The van der Waals surface area contributed by atoms with Gasteiger partial charge in [0.25, 0.3) is 5.56 Å². The van der Waals surface area contributed by atoms with Crippen molar-refractivity contribution in [2.24, 2.45) is 14.1 Å². The summed E-state index contributed by atoms with van der Waals surface area (Å²) in [5.41, 5.74) is -0.830. The van der Waals surface area contributed by atoms with Gasteiger partial charge < -0.3 is 15.4 Å². The van der Waals surface area contributed by atoms with Gasteiger partial charge in [0.2, 0.25) is 5.95 Å². The van der Waals surface area contributed by atoms with Crippen molar-refractivity contribution >= 4 is 23.1 Å². The van der Waals surface area contributed by atoms with Gasteiger partial charge in [0.15, 0.2) is 11.2 Å². The molecule has 2 rings (SSSR count). The van der Waals surface area contributed by atoms with Crippen LogP contribution in [0.25, 0.3) is 11.2 Å². The highest BCUT2D eigenvalue weighted by molar-refractivity contribution is 5.78. The summed E-state index contributed by atoms with van der Waals surface area (Å²) in [5.74, 6) is 1.16. The number of hydrogen-bond donors (Lipinski definition) is 3. The number of aliphatic carboxylic acids is 1. The van der Waals surface area contributed by atoms with Crippen LogP contribution in [0.1, 0.15) is 6.42 Å². The molecule has 0 aromatic carbocycles. The number of carbonyl (C=O) groups is 1. The van der Waals surface area contributed by atoms with Crippen LogP contribution in [-0.2, 0) is 18.9 Å². The van der Waals surface area contributed by atoms with Crippen LogP contribution in [0.15, 0.2) is 9.59 Å². The topological polar surface area (TPSA) is 122 Å². The Morgan fingerprint density at radius 1 is 1.48 bits per heavy atom. The first-order valence-corrected chi connectivity index (χ1v) is 5.95. The molecule has 2 heterocycles. The second kappa shape index (κ2) is 5.16. The van der Waals surface area contributed by atoms with Crippen LogP contribution < -0.4 is 16.6 Å². The average molecular weight is 291 g/mol. The number of anilines is 1. The molecule has 0 saturated heterocycles. The zero-order chi connectivity index (χ0) is 15.7. The number of hydrogen-bond acceptors (Lipinski definition) is 5. The molecule has 0 aliphatic carbocycles. The van der Waals surface area contributed by atoms with Gasteiger partial charge >= 0.3 is 11.7 Å². The van der Waals surface area contributed by atoms with Crippen LogP contribution in [0, 0.1) is 12.3 Å². The number of carboxylic acid groups (broad SMARTS) is 1. The maximum atomic E-state index is 12.0. The Labute approximate surface area is 118 Å². The molecule has 9 nitrogen and oxygen atoms in total. The van der Waals surface area contributed by atoms with Gasteiger partial charge in [-0.25, -0.2) is 9.59 Å². The largest absolute Gasteiger partial charge is 0.480 e. The number of nitrogens with one attached hydrogen (secondary N) is 2. The lowest BCUT2D eigenvalue weighted by Crippen LogP contribution is -2.36. The zero-order valence-corrected chi connectivity index (χ0v) is 11.4. The van der Waals surface area contributed by atoms with Crippen LogP contribution in [0.4, 0.5) is 5.95 Å². The third-order valence-corrected chi connectivity index (χ3v) is 3.03. The maximum absolute atomic E-state index is 12.0. The summed E-state index contributed by atoms with van der Waals surface area (Å²) in [6.07, 6.45) is 5.05. The summed E-state index contributed by atoms with van der Waals surface area (Å²) in [6, 6.07) is -1.04. The molecular weight excluding hydrogens is 278 g/mol. The van der Waals surface area contributed by atoms with Crippen LogP contribution in [0.5, 0.6) is 0 Å². The Bertz CT molecular complexity index is 867. The van der Waals surface area contributed by atoms with E-state index in [0.29, 0.717) is 0 Å². The van der Waals surface area contributed by atoms with Crippen molar-refractivity contribution < 1.29 is 9.90 Å². The van der Waals surface area contributed by atoms with Crippen LogP contribution in [0.2, 0.25) is 0 Å². The Hall–Kier alpha value is -3.02. The fourth-order valence-electron chi connectivity index (χ4n) is 1.88. The SMILES string of the molecule is C#CCC(Nc1nc2c([nH]1)c(=O)n(C)c(=O)n2C)C(=O)O. The van der Waals surface area contributed by atoms with Crippen molar-refractivity contribution in [3.05, 3.63) is 20.8 Å². The molecule has 0 bridgehead atoms. The number of terminal acetylenes is 1. The number of aromatic amines is 1. The van der Waals surface area contributed by atoms with E-state index in [-0.39, 0.29) is 23.5 Å². The van der Waals surface area contributed by atoms with Gasteiger partial charge in [-0.3, -0.25) is 13.9 Å². The second-order valence-corrected chi connectivity index (χ2v) is 4.43. The first-order chi connectivity index (χ1) is 9.86. The number of H-pyrrole nitrogens is 1. The molecule has 1 atom stereocenters. The van der Waals surface area contributed by atoms with E-state index in [1.54, 1.807) is 0 Å². The highest BCUT2D eigenvalue weighted by Gasteiger charge is 2.19. The monoisotopic (exact) mass is 291 g/mol. The molecule has 0 saturated carbocycles. The van der Waals surface area contributed by atoms with E-state index in [4.69, 9.17) is 11.5 Å². The third kappa shape index (κ3) is 2.38. The van der Waals surface area contributed by atoms with E-state index in [0.717, 1.165) is 4.57 Å². The lowest BCUT2D eigenvalue weighted by molar-refractivity contribution is -0.137.